The van der Waals surface area contributed by atoms with Gasteiger partial charge in [-0.3, -0.25) is 0 Å². The van der Waals surface area contributed by atoms with Crippen molar-refractivity contribution >= 4 is 0 Å². The van der Waals surface area contributed by atoms with Gasteiger partial charge in [-0.15, -0.1) is 0 Å². The Hall–Kier alpha value is -0.0400. The zero-order chi connectivity index (χ0) is 10.2. The van der Waals surface area contributed by atoms with E-state index in [0.29, 0.717) is 0 Å². The van der Waals surface area contributed by atoms with Crippen LogP contribution in [0, 0.1) is 0 Å². The molecule has 1 aliphatic rings. The van der Waals surface area contributed by atoms with Gasteiger partial charge in [0, 0.05) is 6.04 Å². The molecule has 14 heavy (non-hydrogen) atoms. The van der Waals surface area contributed by atoms with Gasteiger partial charge in [0.1, 0.15) is 0 Å². The molecule has 0 aromatic rings. The molecular formula is C13H27N. The number of hydrogen-bond acceptors (Lipinski definition) is 1. The molecule has 1 saturated heterocycles. The molecule has 1 fully saturated rings. The summed E-state index contributed by atoms with van der Waals surface area (Å²) in [4.78, 5) is 2.75. The molecule has 0 aromatic heterocycles. The van der Waals surface area contributed by atoms with Crippen LogP contribution in [0.5, 0.6) is 0 Å². The molecule has 1 nitrogen and oxygen atoms in total. The van der Waals surface area contributed by atoms with Crippen LogP contribution in [0.4, 0.5) is 0 Å². The molecule has 1 unspecified atom stereocenters. The first-order valence-electron chi connectivity index (χ1n) is 6.62. The van der Waals surface area contributed by atoms with Crippen LogP contribution in [0.2, 0.25) is 0 Å². The van der Waals surface area contributed by atoms with Gasteiger partial charge < -0.3 is 4.90 Å². The first kappa shape index (κ1) is 12.0. The topological polar surface area (TPSA) is 3.24 Å². The molecule has 1 rings (SSSR count). The van der Waals surface area contributed by atoms with E-state index in [4.69, 9.17) is 0 Å². The third-order valence-corrected chi connectivity index (χ3v) is 3.42. The molecule has 1 heteroatoms. The highest BCUT2D eigenvalue weighted by Crippen LogP contribution is 2.19. The van der Waals surface area contributed by atoms with Gasteiger partial charge in [-0.25, -0.2) is 0 Å². The SMILES string of the molecule is CCCCC(CCC)N1CCCCC1. The minimum atomic E-state index is 0.903. The van der Waals surface area contributed by atoms with Crippen LogP contribution in [0.3, 0.4) is 0 Å². The highest BCUT2D eigenvalue weighted by atomic mass is 15.2. The Morgan fingerprint density at radius 1 is 0.929 bits per heavy atom. The highest BCUT2D eigenvalue weighted by Gasteiger charge is 2.18. The van der Waals surface area contributed by atoms with E-state index in [2.05, 4.69) is 18.7 Å². The number of hydrogen-bond donors (Lipinski definition) is 0. The van der Waals surface area contributed by atoms with E-state index in [1.807, 2.05) is 0 Å². The fourth-order valence-corrected chi connectivity index (χ4v) is 2.57. The van der Waals surface area contributed by atoms with E-state index >= 15 is 0 Å². The summed E-state index contributed by atoms with van der Waals surface area (Å²) in [5.41, 5.74) is 0. The number of rotatable bonds is 6. The molecule has 0 amide bonds. The molecular weight excluding hydrogens is 170 g/mol. The van der Waals surface area contributed by atoms with Crippen LogP contribution in [0.25, 0.3) is 0 Å². The Labute approximate surface area is 89.9 Å². The summed E-state index contributed by atoms with van der Waals surface area (Å²) in [6.45, 7) is 7.37. The zero-order valence-electron chi connectivity index (χ0n) is 10.1. The molecule has 1 atom stereocenters. The molecule has 84 valence electrons. The Balaban J connectivity index is 2.30. The normalized spacial score (nSPS) is 21.0. The van der Waals surface area contributed by atoms with Gasteiger partial charge in [0.25, 0.3) is 0 Å². The Morgan fingerprint density at radius 2 is 1.64 bits per heavy atom. The smallest absolute Gasteiger partial charge is 0.00951 e. The summed E-state index contributed by atoms with van der Waals surface area (Å²) in [6, 6.07) is 0.903. The molecule has 0 aliphatic carbocycles. The fourth-order valence-electron chi connectivity index (χ4n) is 2.57. The van der Waals surface area contributed by atoms with Crippen molar-refractivity contribution in [2.45, 2.75) is 71.3 Å². The van der Waals surface area contributed by atoms with Gasteiger partial charge in [0.05, 0.1) is 0 Å². The second-order valence-electron chi connectivity index (χ2n) is 4.68. The third-order valence-electron chi connectivity index (χ3n) is 3.42. The molecule has 0 aromatic carbocycles. The predicted octanol–water partition coefficient (Wildman–Crippen LogP) is 3.83. The van der Waals surface area contributed by atoms with Gasteiger partial charge in [-0.1, -0.05) is 39.5 Å². The minimum Gasteiger partial charge on any atom is -0.300 e. The van der Waals surface area contributed by atoms with Crippen LogP contribution in [0.1, 0.15) is 65.2 Å². The van der Waals surface area contributed by atoms with Crippen molar-refractivity contribution in [3.63, 3.8) is 0 Å². The quantitative estimate of drug-likeness (QED) is 0.625. The van der Waals surface area contributed by atoms with Crippen molar-refractivity contribution < 1.29 is 0 Å². The standard InChI is InChI=1S/C13H27N/c1-3-5-10-13(9-4-2)14-11-7-6-8-12-14/h13H,3-12H2,1-2H3. The van der Waals surface area contributed by atoms with Crippen LogP contribution in [0.15, 0.2) is 0 Å². The third kappa shape index (κ3) is 4.00. The molecule has 0 saturated carbocycles. The lowest BCUT2D eigenvalue weighted by Gasteiger charge is -2.34. The van der Waals surface area contributed by atoms with Crippen molar-refractivity contribution in [1.82, 2.24) is 4.90 Å². The van der Waals surface area contributed by atoms with Crippen LogP contribution in [-0.4, -0.2) is 24.0 Å². The Morgan fingerprint density at radius 3 is 2.21 bits per heavy atom. The maximum absolute atomic E-state index is 2.75. The first-order chi connectivity index (χ1) is 6.88. The maximum atomic E-state index is 2.75. The first-order valence-corrected chi connectivity index (χ1v) is 6.62. The lowest BCUT2D eigenvalue weighted by atomic mass is 10.0. The van der Waals surface area contributed by atoms with Gasteiger partial charge in [-0.05, 0) is 38.8 Å². The molecule has 0 radical (unpaired) electrons. The minimum absolute atomic E-state index is 0.903. The highest BCUT2D eigenvalue weighted by molar-refractivity contribution is 4.74. The summed E-state index contributed by atoms with van der Waals surface area (Å²) >= 11 is 0. The molecule has 1 heterocycles. The maximum Gasteiger partial charge on any atom is 0.00951 e. The van der Waals surface area contributed by atoms with Crippen molar-refractivity contribution in [3.8, 4) is 0 Å². The van der Waals surface area contributed by atoms with Crippen molar-refractivity contribution in [2.24, 2.45) is 0 Å². The predicted molar refractivity (Wildman–Crippen MR) is 63.6 cm³/mol. The van der Waals surface area contributed by atoms with E-state index in [1.54, 1.807) is 0 Å². The van der Waals surface area contributed by atoms with E-state index in [0.717, 1.165) is 6.04 Å². The van der Waals surface area contributed by atoms with Gasteiger partial charge >= 0.3 is 0 Å². The average Bonchev–Trinajstić information content (AvgIpc) is 2.25. The number of nitrogens with zero attached hydrogens (tertiary/aromatic N) is 1. The molecule has 0 spiro atoms. The van der Waals surface area contributed by atoms with E-state index in [-0.39, 0.29) is 0 Å². The van der Waals surface area contributed by atoms with Gasteiger partial charge in [0.2, 0.25) is 0 Å². The van der Waals surface area contributed by atoms with Crippen LogP contribution < -0.4 is 0 Å². The number of unbranched alkanes of at least 4 members (excludes halogenated alkanes) is 1. The second kappa shape index (κ2) is 7.28. The van der Waals surface area contributed by atoms with Crippen molar-refractivity contribution in [3.05, 3.63) is 0 Å². The Kier molecular flexibility index (Phi) is 6.25. The molecule has 1 aliphatic heterocycles. The summed E-state index contributed by atoms with van der Waals surface area (Å²) in [5.74, 6) is 0. The van der Waals surface area contributed by atoms with Gasteiger partial charge in [-0.2, -0.15) is 0 Å². The number of likely N-dealkylation sites (tertiary alicyclic amines) is 1. The van der Waals surface area contributed by atoms with Crippen LogP contribution >= 0.6 is 0 Å². The lowest BCUT2D eigenvalue weighted by molar-refractivity contribution is 0.145. The van der Waals surface area contributed by atoms with E-state index < -0.39 is 0 Å². The monoisotopic (exact) mass is 197 g/mol. The van der Waals surface area contributed by atoms with Gasteiger partial charge in [0.15, 0.2) is 0 Å². The molecule has 0 bridgehead atoms. The van der Waals surface area contributed by atoms with E-state index in [1.165, 1.54) is 64.5 Å². The summed E-state index contributed by atoms with van der Waals surface area (Å²) in [7, 11) is 0. The van der Waals surface area contributed by atoms with Crippen LogP contribution in [-0.2, 0) is 0 Å². The lowest BCUT2D eigenvalue weighted by Crippen LogP contribution is -2.39. The largest absolute Gasteiger partial charge is 0.300 e. The molecule has 0 N–H and O–H groups in total. The Bertz CT molecular complexity index is 127. The second-order valence-corrected chi connectivity index (χ2v) is 4.68. The zero-order valence-corrected chi connectivity index (χ0v) is 10.1. The van der Waals surface area contributed by atoms with Crippen molar-refractivity contribution in [1.29, 1.82) is 0 Å². The average molecular weight is 197 g/mol. The summed E-state index contributed by atoms with van der Waals surface area (Å²) in [5, 5.41) is 0. The number of piperidine rings is 1. The summed E-state index contributed by atoms with van der Waals surface area (Å²) in [6.07, 6.45) is 11.3. The van der Waals surface area contributed by atoms with E-state index in [9.17, 15) is 0 Å². The van der Waals surface area contributed by atoms with Crippen molar-refractivity contribution in [2.75, 3.05) is 13.1 Å². The fraction of sp³-hybridized carbons (Fsp3) is 1.00. The summed E-state index contributed by atoms with van der Waals surface area (Å²) < 4.78 is 0.